The maximum atomic E-state index is 12.6. The molecule has 0 unspecified atom stereocenters. The number of benzene rings is 1. The lowest BCUT2D eigenvalue weighted by molar-refractivity contribution is 0.0999. The summed E-state index contributed by atoms with van der Waals surface area (Å²) in [7, 11) is -2.08. The molecule has 3 amide bonds. The lowest BCUT2D eigenvalue weighted by Crippen LogP contribution is -2.35. The maximum absolute atomic E-state index is 12.6. The van der Waals surface area contributed by atoms with Crippen molar-refractivity contribution in [1.29, 1.82) is 0 Å². The van der Waals surface area contributed by atoms with Gasteiger partial charge >= 0.3 is 6.09 Å². The summed E-state index contributed by atoms with van der Waals surface area (Å²) in [6, 6.07) is 5.46. The van der Waals surface area contributed by atoms with Crippen LogP contribution in [0.1, 0.15) is 31.2 Å². The second kappa shape index (κ2) is 7.84. The summed E-state index contributed by atoms with van der Waals surface area (Å²) in [5, 5.41) is 2.97. The first kappa shape index (κ1) is 20.8. The molecule has 29 heavy (non-hydrogen) atoms. The quantitative estimate of drug-likeness (QED) is 0.746. The van der Waals surface area contributed by atoms with Gasteiger partial charge in [0.2, 0.25) is 0 Å². The van der Waals surface area contributed by atoms with E-state index in [1.165, 1.54) is 47.6 Å². The number of carbonyl (C=O) groups is 3. The second-order valence-electron chi connectivity index (χ2n) is 6.46. The Labute approximate surface area is 171 Å². The fourth-order valence-corrected chi connectivity index (χ4v) is 4.96. The molecule has 1 aliphatic rings. The molecule has 154 valence electrons. The number of nitrogens with two attached hydrogens (primary N) is 1. The van der Waals surface area contributed by atoms with Crippen molar-refractivity contribution in [2.75, 3.05) is 25.2 Å². The van der Waals surface area contributed by atoms with Gasteiger partial charge in [0.15, 0.2) is 9.84 Å². The second-order valence-corrected chi connectivity index (χ2v) is 9.59. The summed E-state index contributed by atoms with van der Waals surface area (Å²) in [6.45, 7) is 0.628. The van der Waals surface area contributed by atoms with Crippen LogP contribution < -0.4 is 11.1 Å². The molecule has 1 aromatic carbocycles. The molecular formula is C18H19N3O6S2. The minimum Gasteiger partial charge on any atom is -0.453 e. The molecule has 0 saturated carbocycles. The molecule has 11 heteroatoms. The molecule has 0 bridgehead atoms. The molecular weight excluding hydrogens is 418 g/mol. The van der Waals surface area contributed by atoms with Crippen LogP contribution in [0.3, 0.4) is 0 Å². The third-order valence-electron chi connectivity index (χ3n) is 4.51. The smallest absolute Gasteiger partial charge is 0.409 e. The van der Waals surface area contributed by atoms with Crippen molar-refractivity contribution in [2.24, 2.45) is 5.73 Å². The summed E-state index contributed by atoms with van der Waals surface area (Å²) >= 11 is 1.17. The fourth-order valence-electron chi connectivity index (χ4n) is 3.07. The van der Waals surface area contributed by atoms with Crippen LogP contribution in [-0.4, -0.2) is 51.1 Å². The van der Waals surface area contributed by atoms with E-state index in [1.54, 1.807) is 0 Å². The number of thiophene rings is 1. The molecule has 0 radical (unpaired) electrons. The summed E-state index contributed by atoms with van der Waals surface area (Å²) in [6.07, 6.45) is 1.02. The first-order valence-electron chi connectivity index (χ1n) is 8.50. The van der Waals surface area contributed by atoms with Crippen LogP contribution in [0.15, 0.2) is 29.2 Å². The van der Waals surface area contributed by atoms with Crippen molar-refractivity contribution in [3.8, 4) is 0 Å². The number of anilines is 1. The number of nitrogens with one attached hydrogen (secondary N) is 1. The highest BCUT2D eigenvalue weighted by Gasteiger charge is 2.30. The van der Waals surface area contributed by atoms with Gasteiger partial charge in [0, 0.05) is 23.2 Å². The number of sulfone groups is 1. The van der Waals surface area contributed by atoms with E-state index in [9.17, 15) is 22.8 Å². The Morgan fingerprint density at radius 1 is 1.21 bits per heavy atom. The zero-order chi connectivity index (χ0) is 21.3. The van der Waals surface area contributed by atoms with E-state index < -0.39 is 27.7 Å². The van der Waals surface area contributed by atoms with Gasteiger partial charge in [-0.05, 0) is 36.2 Å². The normalized spacial score (nSPS) is 13.5. The number of methoxy groups -OCH3 is 1. The maximum Gasteiger partial charge on any atom is 0.409 e. The zero-order valence-corrected chi connectivity index (χ0v) is 17.4. The van der Waals surface area contributed by atoms with Crippen LogP contribution >= 0.6 is 11.3 Å². The Hall–Kier alpha value is -2.92. The van der Waals surface area contributed by atoms with E-state index >= 15 is 0 Å². The summed E-state index contributed by atoms with van der Waals surface area (Å²) in [5.74, 6) is -1.17. The molecule has 1 aliphatic heterocycles. The van der Waals surface area contributed by atoms with Gasteiger partial charge in [0.05, 0.1) is 24.1 Å². The average molecular weight is 437 g/mol. The van der Waals surface area contributed by atoms with Crippen molar-refractivity contribution in [2.45, 2.75) is 17.9 Å². The van der Waals surface area contributed by atoms with Crippen LogP contribution in [0.5, 0.6) is 0 Å². The van der Waals surface area contributed by atoms with Gasteiger partial charge < -0.3 is 20.7 Å². The van der Waals surface area contributed by atoms with E-state index in [-0.39, 0.29) is 22.6 Å². The molecule has 2 heterocycles. The number of fused-ring (bicyclic) bond motifs is 1. The Morgan fingerprint density at radius 3 is 2.41 bits per heavy atom. The molecule has 3 N–H and O–H groups in total. The molecule has 1 aromatic heterocycles. The third kappa shape index (κ3) is 4.25. The van der Waals surface area contributed by atoms with Gasteiger partial charge in [0.25, 0.3) is 11.8 Å². The molecule has 3 rings (SSSR count). The minimum absolute atomic E-state index is 0.0985. The molecule has 9 nitrogen and oxygen atoms in total. The van der Waals surface area contributed by atoms with E-state index in [0.29, 0.717) is 23.5 Å². The van der Waals surface area contributed by atoms with Gasteiger partial charge in [-0.15, -0.1) is 11.3 Å². The van der Waals surface area contributed by atoms with Gasteiger partial charge in [-0.2, -0.15) is 0 Å². The number of nitrogens with zero attached hydrogens (tertiary/aromatic N) is 1. The highest BCUT2D eigenvalue weighted by Crippen LogP contribution is 2.37. The monoisotopic (exact) mass is 437 g/mol. The highest BCUT2D eigenvalue weighted by molar-refractivity contribution is 7.90. The van der Waals surface area contributed by atoms with Crippen molar-refractivity contribution >= 4 is 44.1 Å². The third-order valence-corrected chi connectivity index (χ3v) is 6.77. The van der Waals surface area contributed by atoms with Gasteiger partial charge in [-0.3, -0.25) is 9.59 Å². The summed E-state index contributed by atoms with van der Waals surface area (Å²) < 4.78 is 27.8. The van der Waals surface area contributed by atoms with E-state index in [0.717, 1.165) is 11.1 Å². The zero-order valence-electron chi connectivity index (χ0n) is 15.7. The number of ether oxygens (including phenoxy) is 1. The van der Waals surface area contributed by atoms with Crippen LogP contribution in [0.4, 0.5) is 9.80 Å². The lowest BCUT2D eigenvalue weighted by atomic mass is 10.0. The first-order chi connectivity index (χ1) is 13.6. The lowest BCUT2D eigenvalue weighted by Gasteiger charge is -2.25. The van der Waals surface area contributed by atoms with E-state index in [4.69, 9.17) is 10.5 Å². The fraction of sp³-hybridized carbons (Fsp3) is 0.278. The van der Waals surface area contributed by atoms with Gasteiger partial charge in [-0.25, -0.2) is 13.2 Å². The van der Waals surface area contributed by atoms with Crippen molar-refractivity contribution in [3.05, 3.63) is 45.8 Å². The number of hydrogen-bond acceptors (Lipinski definition) is 7. The number of primary amides is 1. The summed E-state index contributed by atoms with van der Waals surface area (Å²) in [4.78, 5) is 38.7. The van der Waals surface area contributed by atoms with Crippen LogP contribution in [0.25, 0.3) is 0 Å². The van der Waals surface area contributed by atoms with Crippen LogP contribution in [-0.2, 0) is 27.5 Å². The number of hydrogen-bond donors (Lipinski definition) is 2. The molecule has 0 fully saturated rings. The predicted molar refractivity (Wildman–Crippen MR) is 107 cm³/mol. The minimum atomic E-state index is -3.37. The van der Waals surface area contributed by atoms with E-state index in [1.807, 2.05) is 0 Å². The van der Waals surface area contributed by atoms with Gasteiger partial charge in [-0.1, -0.05) is 0 Å². The Kier molecular flexibility index (Phi) is 5.62. The molecule has 0 aliphatic carbocycles. The molecule has 0 atom stereocenters. The Morgan fingerprint density at radius 2 is 1.86 bits per heavy atom. The largest absolute Gasteiger partial charge is 0.453 e. The standard InChI is InChI=1S/C18H19N3O6S2/c1-27-18(24)21-8-7-12-13(9-21)28-17(14(12)15(19)22)20-16(23)10-3-5-11(6-4-10)29(2,25)26/h3-6H,7-9H2,1-2H3,(H2,19,22)(H,20,23). The number of rotatable bonds is 4. The summed E-state index contributed by atoms with van der Waals surface area (Å²) in [5.41, 5.74) is 6.71. The Bertz CT molecular complexity index is 1090. The van der Waals surface area contributed by atoms with E-state index in [2.05, 4.69) is 5.32 Å². The highest BCUT2D eigenvalue weighted by atomic mass is 32.2. The van der Waals surface area contributed by atoms with Gasteiger partial charge in [0.1, 0.15) is 5.00 Å². The van der Waals surface area contributed by atoms with Crippen molar-refractivity contribution < 1.29 is 27.5 Å². The topological polar surface area (TPSA) is 136 Å². The van der Waals surface area contributed by atoms with Crippen molar-refractivity contribution in [1.82, 2.24) is 4.90 Å². The molecule has 0 saturated heterocycles. The molecule has 2 aromatic rings. The van der Waals surface area contributed by atoms with Crippen molar-refractivity contribution in [3.63, 3.8) is 0 Å². The predicted octanol–water partition coefficient (Wildman–Crippen LogP) is 1.63. The average Bonchev–Trinajstić information content (AvgIpc) is 3.03. The number of carbonyl (C=O) groups excluding carboxylic acids is 3. The Balaban J connectivity index is 1.87. The first-order valence-corrected chi connectivity index (χ1v) is 11.2. The number of amides is 3. The van der Waals surface area contributed by atoms with Crippen LogP contribution in [0.2, 0.25) is 0 Å². The SMILES string of the molecule is COC(=O)N1CCc2c(sc(NC(=O)c3ccc(S(C)(=O)=O)cc3)c2C(N)=O)C1. The van der Waals surface area contributed by atoms with Crippen LogP contribution in [0, 0.1) is 0 Å². The molecule has 0 spiro atoms.